The number of carbonyl (C=O) groups is 2. The van der Waals surface area contributed by atoms with E-state index in [1.54, 1.807) is 38.1 Å². The van der Waals surface area contributed by atoms with Crippen molar-refractivity contribution in [3.8, 4) is 5.75 Å². The van der Waals surface area contributed by atoms with Crippen LogP contribution in [0, 0.1) is 0 Å². The van der Waals surface area contributed by atoms with Crippen LogP contribution in [0.25, 0.3) is 0 Å². The SMILES string of the molecule is CCCN(C(C(N)=O)C(=O)CC)S(=O)(=O)Cc1cccc(OCC)c1. The third-order valence-corrected chi connectivity index (χ3v) is 5.38. The second-order valence-electron chi connectivity index (χ2n) is 5.57. The summed E-state index contributed by atoms with van der Waals surface area (Å²) in [5, 5.41) is 0. The lowest BCUT2D eigenvalue weighted by molar-refractivity contribution is -0.131. The van der Waals surface area contributed by atoms with Gasteiger partial charge < -0.3 is 10.5 Å². The van der Waals surface area contributed by atoms with Crippen LogP contribution in [0.5, 0.6) is 5.75 Å². The summed E-state index contributed by atoms with van der Waals surface area (Å²) in [5.74, 6) is -1.23. The molecule has 0 aliphatic carbocycles. The zero-order chi connectivity index (χ0) is 19.0. The van der Waals surface area contributed by atoms with Crippen molar-refractivity contribution in [2.75, 3.05) is 13.2 Å². The van der Waals surface area contributed by atoms with Crippen LogP contribution in [0.3, 0.4) is 0 Å². The van der Waals surface area contributed by atoms with Crippen LogP contribution in [-0.2, 0) is 25.4 Å². The summed E-state index contributed by atoms with van der Waals surface area (Å²) < 4.78 is 32.0. The normalized spacial score (nSPS) is 12.8. The fourth-order valence-electron chi connectivity index (χ4n) is 2.49. The molecule has 8 heteroatoms. The standard InChI is InChI=1S/C17H26N2O5S/c1-4-10-19(16(17(18)21)15(20)5-2)25(22,23)12-13-8-7-9-14(11-13)24-6-3/h7-9,11,16H,4-6,10,12H2,1-3H3,(H2,18,21). The van der Waals surface area contributed by atoms with E-state index in [9.17, 15) is 18.0 Å². The molecular weight excluding hydrogens is 344 g/mol. The molecule has 1 amide bonds. The Bertz CT molecular complexity index is 703. The van der Waals surface area contributed by atoms with Crippen molar-refractivity contribution in [1.29, 1.82) is 0 Å². The van der Waals surface area contributed by atoms with Crippen molar-refractivity contribution in [2.45, 2.75) is 45.4 Å². The first-order valence-electron chi connectivity index (χ1n) is 8.30. The number of amides is 1. The summed E-state index contributed by atoms with van der Waals surface area (Å²) in [7, 11) is -3.91. The Morgan fingerprint density at radius 3 is 2.44 bits per heavy atom. The van der Waals surface area contributed by atoms with Crippen LogP contribution in [-0.4, -0.2) is 43.6 Å². The van der Waals surface area contributed by atoms with Gasteiger partial charge in [0.1, 0.15) is 5.75 Å². The van der Waals surface area contributed by atoms with Gasteiger partial charge in [-0.05, 0) is 31.0 Å². The maximum atomic E-state index is 12.9. The average molecular weight is 370 g/mol. The van der Waals surface area contributed by atoms with Gasteiger partial charge in [-0.1, -0.05) is 26.0 Å². The summed E-state index contributed by atoms with van der Waals surface area (Å²) in [6, 6.07) is 5.25. The Labute approximate surface area is 149 Å². The Kier molecular flexibility index (Phi) is 8.05. The van der Waals surface area contributed by atoms with Gasteiger partial charge in [-0.2, -0.15) is 4.31 Å². The number of nitrogens with two attached hydrogens (primary N) is 1. The van der Waals surface area contributed by atoms with Crippen molar-refractivity contribution in [2.24, 2.45) is 5.73 Å². The molecule has 0 aromatic heterocycles. The Morgan fingerprint density at radius 1 is 1.24 bits per heavy atom. The quantitative estimate of drug-likeness (QED) is 0.594. The second kappa shape index (κ2) is 9.53. The van der Waals surface area contributed by atoms with Gasteiger partial charge in [0.25, 0.3) is 0 Å². The van der Waals surface area contributed by atoms with E-state index in [2.05, 4.69) is 0 Å². The Morgan fingerprint density at radius 2 is 1.92 bits per heavy atom. The van der Waals surface area contributed by atoms with Crippen LogP contribution < -0.4 is 10.5 Å². The molecule has 1 aromatic carbocycles. The first-order chi connectivity index (χ1) is 11.8. The number of primary amides is 1. The fraction of sp³-hybridized carbons (Fsp3) is 0.529. The summed E-state index contributed by atoms with van der Waals surface area (Å²) in [5.41, 5.74) is 5.83. The number of hydrogen-bond donors (Lipinski definition) is 1. The summed E-state index contributed by atoms with van der Waals surface area (Å²) in [6.07, 6.45) is 0.488. The number of rotatable bonds is 11. The third-order valence-electron chi connectivity index (χ3n) is 3.57. The molecule has 0 bridgehead atoms. The zero-order valence-corrected chi connectivity index (χ0v) is 15.7. The minimum absolute atomic E-state index is 0.0309. The van der Waals surface area contributed by atoms with E-state index in [1.165, 1.54) is 0 Å². The van der Waals surface area contributed by atoms with E-state index >= 15 is 0 Å². The molecule has 1 aromatic rings. The molecule has 0 saturated carbocycles. The zero-order valence-electron chi connectivity index (χ0n) is 14.9. The molecule has 25 heavy (non-hydrogen) atoms. The van der Waals surface area contributed by atoms with Gasteiger partial charge in [-0.25, -0.2) is 8.42 Å². The topological polar surface area (TPSA) is 107 Å². The third kappa shape index (κ3) is 5.82. The van der Waals surface area contributed by atoms with Gasteiger partial charge >= 0.3 is 0 Å². The van der Waals surface area contributed by atoms with Gasteiger partial charge in [0.15, 0.2) is 11.8 Å². The molecule has 1 unspecified atom stereocenters. The van der Waals surface area contributed by atoms with E-state index in [-0.39, 0.29) is 18.7 Å². The highest BCUT2D eigenvalue weighted by Crippen LogP contribution is 2.20. The van der Waals surface area contributed by atoms with E-state index < -0.39 is 27.8 Å². The van der Waals surface area contributed by atoms with Crippen LogP contribution in [0.15, 0.2) is 24.3 Å². The van der Waals surface area contributed by atoms with Crippen LogP contribution >= 0.6 is 0 Å². The maximum absolute atomic E-state index is 12.9. The van der Waals surface area contributed by atoms with Crippen LogP contribution in [0.4, 0.5) is 0 Å². The van der Waals surface area contributed by atoms with Gasteiger partial charge in [-0.15, -0.1) is 0 Å². The smallest absolute Gasteiger partial charge is 0.243 e. The minimum atomic E-state index is -3.91. The summed E-state index contributed by atoms with van der Waals surface area (Å²) in [4.78, 5) is 23.8. The molecule has 0 radical (unpaired) electrons. The molecule has 140 valence electrons. The number of nitrogens with zero attached hydrogens (tertiary/aromatic N) is 1. The fourth-order valence-corrected chi connectivity index (χ4v) is 4.26. The predicted octanol–water partition coefficient (Wildman–Crippen LogP) is 1.46. The lowest BCUT2D eigenvalue weighted by atomic mass is 10.1. The lowest BCUT2D eigenvalue weighted by Gasteiger charge is -2.27. The molecule has 0 spiro atoms. The number of ketones is 1. The molecule has 0 heterocycles. The molecule has 0 aliphatic rings. The van der Waals surface area contributed by atoms with Crippen LogP contribution in [0.2, 0.25) is 0 Å². The molecule has 0 aliphatic heterocycles. The van der Waals surface area contributed by atoms with Crippen molar-refractivity contribution in [1.82, 2.24) is 4.31 Å². The van der Waals surface area contributed by atoms with Crippen molar-refractivity contribution < 1.29 is 22.7 Å². The van der Waals surface area contributed by atoms with E-state index in [0.717, 1.165) is 4.31 Å². The van der Waals surface area contributed by atoms with Gasteiger partial charge in [0.05, 0.1) is 12.4 Å². The average Bonchev–Trinajstić information content (AvgIpc) is 2.54. The number of benzene rings is 1. The highest BCUT2D eigenvalue weighted by atomic mass is 32.2. The number of ether oxygens (including phenoxy) is 1. The lowest BCUT2D eigenvalue weighted by Crippen LogP contribution is -2.52. The molecule has 1 atom stereocenters. The first kappa shape index (κ1) is 21.1. The maximum Gasteiger partial charge on any atom is 0.243 e. The van der Waals surface area contributed by atoms with E-state index in [1.807, 2.05) is 6.92 Å². The molecule has 0 saturated heterocycles. The number of hydrogen-bond acceptors (Lipinski definition) is 5. The highest BCUT2D eigenvalue weighted by molar-refractivity contribution is 7.88. The number of sulfonamides is 1. The second-order valence-corrected chi connectivity index (χ2v) is 7.49. The van der Waals surface area contributed by atoms with Crippen molar-refractivity contribution in [3.05, 3.63) is 29.8 Å². The monoisotopic (exact) mass is 370 g/mol. The first-order valence-corrected chi connectivity index (χ1v) is 9.91. The largest absolute Gasteiger partial charge is 0.494 e. The Hall–Kier alpha value is -1.93. The molecule has 2 N–H and O–H groups in total. The van der Waals surface area contributed by atoms with E-state index in [0.29, 0.717) is 24.3 Å². The number of Topliss-reactive ketones (excluding diaryl/α,β-unsaturated/α-hetero) is 1. The predicted molar refractivity (Wildman–Crippen MR) is 95.5 cm³/mol. The van der Waals surface area contributed by atoms with Gasteiger partial charge in [0.2, 0.25) is 15.9 Å². The highest BCUT2D eigenvalue weighted by Gasteiger charge is 2.37. The van der Waals surface area contributed by atoms with Crippen molar-refractivity contribution in [3.63, 3.8) is 0 Å². The van der Waals surface area contributed by atoms with E-state index in [4.69, 9.17) is 10.5 Å². The van der Waals surface area contributed by atoms with Gasteiger partial charge in [0, 0.05) is 13.0 Å². The summed E-state index contributed by atoms with van der Waals surface area (Å²) in [6.45, 7) is 5.69. The Balaban J connectivity index is 3.18. The molecular formula is C17H26N2O5S. The van der Waals surface area contributed by atoms with Crippen molar-refractivity contribution >= 4 is 21.7 Å². The molecule has 1 rings (SSSR count). The van der Waals surface area contributed by atoms with Gasteiger partial charge in [-0.3, -0.25) is 9.59 Å². The number of carbonyl (C=O) groups excluding carboxylic acids is 2. The molecule has 7 nitrogen and oxygen atoms in total. The summed E-state index contributed by atoms with van der Waals surface area (Å²) >= 11 is 0. The minimum Gasteiger partial charge on any atom is -0.494 e. The van der Waals surface area contributed by atoms with Crippen LogP contribution in [0.1, 0.15) is 39.2 Å². The molecule has 0 fully saturated rings.